The molecule has 0 heteroatoms. The van der Waals surface area contributed by atoms with Crippen LogP contribution >= 0.6 is 0 Å². The molecule has 0 radical (unpaired) electrons. The summed E-state index contributed by atoms with van der Waals surface area (Å²) in [6.45, 7) is 3.43. The van der Waals surface area contributed by atoms with E-state index in [-0.39, 0.29) is 0 Å². The van der Waals surface area contributed by atoms with Gasteiger partial charge in [-0.1, -0.05) is 19.4 Å². The van der Waals surface area contributed by atoms with Gasteiger partial charge >= 0.3 is 0 Å². The second kappa shape index (κ2) is 3.74. The van der Waals surface area contributed by atoms with Crippen LogP contribution in [0.15, 0.2) is 12.6 Å². The summed E-state index contributed by atoms with van der Waals surface area (Å²) < 4.78 is 6.53. The molecule has 5 heavy (non-hydrogen) atoms. The molecule has 0 unspecified atom stereocenters. The lowest BCUT2D eigenvalue weighted by Gasteiger charge is -1.72. The van der Waals surface area contributed by atoms with Crippen LogP contribution < -0.4 is 0 Å². The fourth-order valence-electron chi connectivity index (χ4n) is 0.167. The Kier molecular flexibility index (Phi) is 2.21. The van der Waals surface area contributed by atoms with E-state index < -0.39 is 0 Å². The lowest BCUT2D eigenvalue weighted by molar-refractivity contribution is 0.961. The van der Waals surface area contributed by atoms with Crippen molar-refractivity contribution in [3.8, 4) is 0 Å². The van der Waals surface area contributed by atoms with Gasteiger partial charge in [0.05, 0.1) is 1.37 Å². The predicted molar refractivity (Wildman–Crippen MR) is 25.1 cm³/mol. The van der Waals surface area contributed by atoms with E-state index in [0.717, 1.165) is 12.8 Å². The van der Waals surface area contributed by atoms with Crippen molar-refractivity contribution in [3.05, 3.63) is 12.6 Å². The maximum Gasteiger partial charge on any atom is 0.0534 e. The standard InChI is InChI=1S/C5H10/c1-3-5-4-2/h3H,1,4-5H2,2H3/i1T. The van der Waals surface area contributed by atoms with Gasteiger partial charge < -0.3 is 0 Å². The van der Waals surface area contributed by atoms with Gasteiger partial charge in [0.25, 0.3) is 0 Å². The summed E-state index contributed by atoms with van der Waals surface area (Å²) in [4.78, 5) is 0. The average Bonchev–Trinajstić information content (AvgIpc) is 1.61. The zero-order valence-electron chi connectivity index (χ0n) is 4.57. The third-order valence-corrected chi connectivity index (χ3v) is 0.455. The van der Waals surface area contributed by atoms with E-state index in [1.54, 1.807) is 0 Å². The second-order valence-electron chi connectivity index (χ2n) is 1.02. The maximum atomic E-state index is 6.53. The topological polar surface area (TPSA) is 0 Å². The predicted octanol–water partition coefficient (Wildman–Crippen LogP) is 1.97. The molecule has 0 aromatic rings. The zero-order valence-corrected chi connectivity index (χ0v) is 3.57. The molecule has 0 aromatic carbocycles. The molecule has 0 aliphatic heterocycles. The highest BCUT2D eigenvalue weighted by molar-refractivity contribution is 4.63. The number of hydrogen-bond acceptors (Lipinski definition) is 0. The van der Waals surface area contributed by atoms with E-state index in [1.807, 2.05) is 6.08 Å². The number of hydrogen-bond donors (Lipinski definition) is 0. The molecule has 30 valence electrons. The summed E-state index contributed by atoms with van der Waals surface area (Å²) in [5, 5.41) is 0. The molecule has 0 atom stereocenters. The van der Waals surface area contributed by atoms with Crippen LogP contribution in [0, 0.1) is 0 Å². The summed E-state index contributed by atoms with van der Waals surface area (Å²) in [6.07, 6.45) is 4.04. The van der Waals surface area contributed by atoms with Gasteiger partial charge in [-0.25, -0.2) is 0 Å². The first-order valence-corrected chi connectivity index (χ1v) is 1.95. The zero-order chi connectivity index (χ0) is 4.83. The molecule has 0 heterocycles. The molecule has 0 aliphatic carbocycles. The van der Waals surface area contributed by atoms with Crippen LogP contribution in [0.2, 0.25) is 0 Å². The van der Waals surface area contributed by atoms with Crippen LogP contribution in [-0.4, -0.2) is 0 Å². The summed E-state index contributed by atoms with van der Waals surface area (Å²) in [5.74, 6) is 0. The number of unbranched alkanes of at least 4 members (excludes halogenated alkanes) is 1. The van der Waals surface area contributed by atoms with Gasteiger partial charge in [-0.3, -0.25) is 0 Å². The summed E-state index contributed by atoms with van der Waals surface area (Å²) >= 11 is 0. The Morgan fingerprint density at radius 2 is 3.00 bits per heavy atom. The Bertz CT molecular complexity index is 39.2. The molecular weight excluding hydrogens is 60.1 g/mol. The van der Waals surface area contributed by atoms with Crippen LogP contribution in [0.25, 0.3) is 0 Å². The Balaban J connectivity index is 2.66. The van der Waals surface area contributed by atoms with E-state index >= 15 is 0 Å². The van der Waals surface area contributed by atoms with Gasteiger partial charge in [0, 0.05) is 0 Å². The molecular formula is C5H10. The SMILES string of the molecule is [3H]C=CCCC. The monoisotopic (exact) mass is 72.1 g/mol. The van der Waals surface area contributed by atoms with Crippen LogP contribution in [0.4, 0.5) is 0 Å². The van der Waals surface area contributed by atoms with E-state index in [4.69, 9.17) is 1.37 Å². The van der Waals surface area contributed by atoms with Gasteiger partial charge in [0.15, 0.2) is 0 Å². The third-order valence-electron chi connectivity index (χ3n) is 0.455. The van der Waals surface area contributed by atoms with Crippen molar-refractivity contribution >= 4 is 0 Å². The van der Waals surface area contributed by atoms with Crippen molar-refractivity contribution in [3.63, 3.8) is 0 Å². The molecule has 0 bridgehead atoms. The van der Waals surface area contributed by atoms with Crippen LogP contribution in [0.3, 0.4) is 0 Å². The van der Waals surface area contributed by atoms with E-state index in [1.165, 1.54) is 6.55 Å². The number of rotatable bonds is 2. The fourth-order valence-corrected chi connectivity index (χ4v) is 0.167. The van der Waals surface area contributed by atoms with Gasteiger partial charge in [0.2, 0.25) is 0 Å². The fraction of sp³-hybridized carbons (Fsp3) is 0.600. The first-order chi connectivity index (χ1) is 2.91. The van der Waals surface area contributed by atoms with Crippen molar-refractivity contribution in [2.24, 2.45) is 0 Å². The molecule has 0 rings (SSSR count). The lowest BCUT2D eigenvalue weighted by atomic mass is 10.3. The van der Waals surface area contributed by atoms with Crippen molar-refractivity contribution in [1.29, 1.82) is 0 Å². The molecule has 0 N–H and O–H groups in total. The molecule has 0 aromatic heterocycles. The van der Waals surface area contributed by atoms with E-state index in [9.17, 15) is 0 Å². The summed E-state index contributed by atoms with van der Waals surface area (Å²) in [7, 11) is 0. The van der Waals surface area contributed by atoms with E-state index in [0.29, 0.717) is 0 Å². The largest absolute Gasteiger partial charge is 0.103 e. The maximum absolute atomic E-state index is 6.53. The summed E-state index contributed by atoms with van der Waals surface area (Å²) in [5.41, 5.74) is 0. The van der Waals surface area contributed by atoms with Gasteiger partial charge in [-0.15, -0.1) is 6.55 Å². The highest BCUT2D eigenvalue weighted by atomic mass is 13.7. The van der Waals surface area contributed by atoms with Crippen molar-refractivity contribution in [2.75, 3.05) is 0 Å². The Morgan fingerprint density at radius 3 is 3.20 bits per heavy atom. The van der Waals surface area contributed by atoms with E-state index in [2.05, 4.69) is 6.92 Å². The Labute approximate surface area is 34.9 Å². The minimum atomic E-state index is 1.05. The average molecular weight is 72.1 g/mol. The molecule has 0 saturated heterocycles. The lowest BCUT2D eigenvalue weighted by Crippen LogP contribution is -1.52. The highest BCUT2D eigenvalue weighted by Crippen LogP contribution is 1.82. The van der Waals surface area contributed by atoms with Gasteiger partial charge in [-0.05, 0) is 6.42 Å². The smallest absolute Gasteiger partial charge is 0.0534 e. The normalized spacial score (nSPS) is 12.6. The third kappa shape index (κ3) is 3.74. The van der Waals surface area contributed by atoms with Crippen molar-refractivity contribution in [1.82, 2.24) is 0 Å². The minimum absolute atomic E-state index is 1.05. The Morgan fingerprint density at radius 1 is 2.20 bits per heavy atom. The second-order valence-corrected chi connectivity index (χ2v) is 1.02. The first-order valence-electron chi connectivity index (χ1n) is 2.53. The first kappa shape index (κ1) is 2.95. The molecule has 0 nitrogen and oxygen atoms in total. The van der Waals surface area contributed by atoms with Gasteiger partial charge in [0.1, 0.15) is 0 Å². The van der Waals surface area contributed by atoms with Gasteiger partial charge in [-0.2, -0.15) is 0 Å². The van der Waals surface area contributed by atoms with Crippen molar-refractivity contribution in [2.45, 2.75) is 19.8 Å². The minimum Gasteiger partial charge on any atom is -0.103 e. The summed E-state index contributed by atoms with van der Waals surface area (Å²) in [6, 6.07) is 0. The molecule has 0 saturated carbocycles. The van der Waals surface area contributed by atoms with Crippen LogP contribution in [-0.2, 0) is 0 Å². The molecule has 0 fully saturated rings. The quantitative estimate of drug-likeness (QED) is 0.437. The Hall–Kier alpha value is -0.260. The molecule has 0 amide bonds. The van der Waals surface area contributed by atoms with Crippen molar-refractivity contribution < 1.29 is 1.37 Å². The number of allylic oxidation sites excluding steroid dienone is 1. The molecule has 0 spiro atoms. The molecule has 0 aliphatic rings. The van der Waals surface area contributed by atoms with Crippen LogP contribution in [0.1, 0.15) is 21.1 Å². The highest BCUT2D eigenvalue weighted by Gasteiger charge is 1.61. The van der Waals surface area contributed by atoms with Crippen LogP contribution in [0.5, 0.6) is 0 Å².